The van der Waals surface area contributed by atoms with Crippen molar-refractivity contribution in [2.75, 3.05) is 38.0 Å². The van der Waals surface area contributed by atoms with Gasteiger partial charge < -0.3 is 15.0 Å². The molecule has 21 heavy (non-hydrogen) atoms. The lowest BCUT2D eigenvalue weighted by Gasteiger charge is -2.12. The van der Waals surface area contributed by atoms with Gasteiger partial charge in [-0.25, -0.2) is 4.98 Å². The Bertz CT molecular complexity index is 553. The van der Waals surface area contributed by atoms with Crippen LogP contribution in [0.5, 0.6) is 0 Å². The molecule has 7 nitrogen and oxygen atoms in total. The first-order valence-electron chi connectivity index (χ1n) is 6.36. The molecule has 0 saturated heterocycles. The molecule has 1 N–H and O–H groups in total. The first kappa shape index (κ1) is 16.6. The van der Waals surface area contributed by atoms with E-state index in [2.05, 4.69) is 10.3 Å². The SMILES string of the molecule is COC/C(C)=C/C=C/Nc1nc(N(C)C)ccc1[N+](=O)[O-]. The fraction of sp³-hybridized carbons (Fsp3) is 0.357. The normalized spacial score (nSPS) is 11.7. The summed E-state index contributed by atoms with van der Waals surface area (Å²) in [6, 6.07) is 3.04. The molecular formula is C14H20N4O3. The summed E-state index contributed by atoms with van der Waals surface area (Å²) >= 11 is 0. The maximum atomic E-state index is 11.0. The largest absolute Gasteiger partial charge is 0.380 e. The minimum absolute atomic E-state index is 0.0668. The van der Waals surface area contributed by atoms with Crippen molar-refractivity contribution in [1.82, 2.24) is 4.98 Å². The summed E-state index contributed by atoms with van der Waals surface area (Å²) < 4.78 is 4.98. The molecule has 1 aromatic rings. The molecule has 0 radical (unpaired) electrons. The predicted molar refractivity (Wildman–Crippen MR) is 83.6 cm³/mol. The van der Waals surface area contributed by atoms with Crippen LogP contribution in [0.15, 0.2) is 36.1 Å². The van der Waals surface area contributed by atoms with Crippen LogP contribution in [0.3, 0.4) is 0 Å². The van der Waals surface area contributed by atoms with E-state index >= 15 is 0 Å². The van der Waals surface area contributed by atoms with Crippen LogP contribution in [0, 0.1) is 10.1 Å². The van der Waals surface area contributed by atoms with E-state index < -0.39 is 4.92 Å². The molecule has 7 heteroatoms. The van der Waals surface area contributed by atoms with Crippen LogP contribution in [0.1, 0.15) is 6.92 Å². The Hall–Kier alpha value is -2.41. The number of pyridine rings is 1. The van der Waals surface area contributed by atoms with Crippen molar-refractivity contribution in [3.05, 3.63) is 46.2 Å². The highest BCUT2D eigenvalue weighted by Crippen LogP contribution is 2.24. The van der Waals surface area contributed by atoms with E-state index in [1.807, 2.05) is 27.1 Å². The number of nitrogens with one attached hydrogen (secondary N) is 1. The van der Waals surface area contributed by atoms with Crippen molar-refractivity contribution in [2.45, 2.75) is 6.92 Å². The molecular weight excluding hydrogens is 272 g/mol. The average molecular weight is 292 g/mol. The van der Waals surface area contributed by atoms with E-state index in [4.69, 9.17) is 4.74 Å². The van der Waals surface area contributed by atoms with Gasteiger partial charge in [-0.1, -0.05) is 6.08 Å². The van der Waals surface area contributed by atoms with Gasteiger partial charge in [-0.3, -0.25) is 10.1 Å². The molecule has 0 saturated carbocycles. The van der Waals surface area contributed by atoms with Crippen LogP contribution in [-0.4, -0.2) is 37.7 Å². The smallest absolute Gasteiger partial charge is 0.311 e. The Balaban J connectivity index is 2.90. The lowest BCUT2D eigenvalue weighted by Crippen LogP contribution is -2.11. The summed E-state index contributed by atoms with van der Waals surface area (Å²) in [6.45, 7) is 2.47. The van der Waals surface area contributed by atoms with Gasteiger partial charge in [0.15, 0.2) is 0 Å². The monoisotopic (exact) mass is 292 g/mol. The van der Waals surface area contributed by atoms with Crippen molar-refractivity contribution in [3.63, 3.8) is 0 Å². The number of nitrogens with zero attached hydrogens (tertiary/aromatic N) is 3. The fourth-order valence-corrected chi connectivity index (χ4v) is 1.56. The average Bonchev–Trinajstić information content (AvgIpc) is 2.43. The van der Waals surface area contributed by atoms with E-state index in [0.717, 1.165) is 5.57 Å². The zero-order valence-corrected chi connectivity index (χ0v) is 12.7. The summed E-state index contributed by atoms with van der Waals surface area (Å²) in [5.74, 6) is 0.850. The van der Waals surface area contributed by atoms with Gasteiger partial charge in [0, 0.05) is 33.5 Å². The number of hydrogen-bond acceptors (Lipinski definition) is 6. The van der Waals surface area contributed by atoms with Gasteiger partial charge in [0.05, 0.1) is 11.5 Å². The highest BCUT2D eigenvalue weighted by atomic mass is 16.6. The Morgan fingerprint density at radius 3 is 2.81 bits per heavy atom. The lowest BCUT2D eigenvalue weighted by atomic mass is 10.3. The van der Waals surface area contributed by atoms with Gasteiger partial charge in [0.25, 0.3) is 0 Å². The van der Waals surface area contributed by atoms with Crippen molar-refractivity contribution in [2.24, 2.45) is 0 Å². The Morgan fingerprint density at radius 1 is 1.52 bits per heavy atom. The van der Waals surface area contributed by atoms with E-state index in [9.17, 15) is 10.1 Å². The number of rotatable bonds is 7. The minimum Gasteiger partial charge on any atom is -0.380 e. The van der Waals surface area contributed by atoms with Crippen molar-refractivity contribution >= 4 is 17.3 Å². The van der Waals surface area contributed by atoms with Crippen LogP contribution in [0.25, 0.3) is 0 Å². The second-order valence-corrected chi connectivity index (χ2v) is 4.64. The molecule has 0 spiro atoms. The number of aromatic nitrogens is 1. The standard InChI is InChI=1S/C14H20N4O3/c1-11(10-21-4)6-5-9-15-14-12(18(19)20)7-8-13(16-14)17(2)3/h5-9H,10H2,1-4H3,(H,15,16)/b9-5+,11-6+. The third-order valence-corrected chi connectivity index (χ3v) is 2.58. The second-order valence-electron chi connectivity index (χ2n) is 4.64. The maximum absolute atomic E-state index is 11.0. The second kappa shape index (κ2) is 8.01. The number of allylic oxidation sites excluding steroid dienone is 2. The highest BCUT2D eigenvalue weighted by Gasteiger charge is 2.15. The molecule has 0 fully saturated rings. The van der Waals surface area contributed by atoms with Gasteiger partial charge in [-0.15, -0.1) is 0 Å². The van der Waals surface area contributed by atoms with Gasteiger partial charge in [0.1, 0.15) is 5.82 Å². The number of ether oxygens (including phenoxy) is 1. The van der Waals surface area contributed by atoms with Crippen molar-refractivity contribution < 1.29 is 9.66 Å². The topological polar surface area (TPSA) is 80.5 Å². The molecule has 1 heterocycles. The molecule has 0 unspecified atom stereocenters. The quantitative estimate of drug-likeness (QED) is 0.472. The van der Waals surface area contributed by atoms with Gasteiger partial charge in [-0.2, -0.15) is 0 Å². The molecule has 1 rings (SSSR count). The third-order valence-electron chi connectivity index (χ3n) is 2.58. The molecule has 1 aromatic heterocycles. The fourth-order valence-electron chi connectivity index (χ4n) is 1.56. The Kier molecular flexibility index (Phi) is 6.35. The maximum Gasteiger partial charge on any atom is 0.311 e. The van der Waals surface area contributed by atoms with E-state index in [1.165, 1.54) is 6.07 Å². The zero-order valence-electron chi connectivity index (χ0n) is 12.7. The lowest BCUT2D eigenvalue weighted by molar-refractivity contribution is -0.384. The first-order chi connectivity index (χ1) is 9.95. The Labute approximate surface area is 124 Å². The summed E-state index contributed by atoms with van der Waals surface area (Å²) in [5.41, 5.74) is 0.975. The van der Waals surface area contributed by atoms with E-state index in [0.29, 0.717) is 12.4 Å². The summed E-state index contributed by atoms with van der Waals surface area (Å²) in [7, 11) is 5.27. The molecule has 0 aliphatic rings. The van der Waals surface area contributed by atoms with Crippen LogP contribution in [0.4, 0.5) is 17.3 Å². The predicted octanol–water partition coefficient (Wildman–Crippen LogP) is 2.57. The van der Waals surface area contributed by atoms with E-state index in [1.54, 1.807) is 30.4 Å². The molecule has 0 aliphatic heterocycles. The van der Waals surface area contributed by atoms with Crippen LogP contribution < -0.4 is 10.2 Å². The molecule has 114 valence electrons. The van der Waals surface area contributed by atoms with Gasteiger partial charge in [-0.05, 0) is 24.6 Å². The number of nitro groups is 1. The molecule has 0 bridgehead atoms. The van der Waals surface area contributed by atoms with Crippen molar-refractivity contribution in [3.8, 4) is 0 Å². The Morgan fingerprint density at radius 2 is 2.24 bits per heavy atom. The highest BCUT2D eigenvalue weighted by molar-refractivity contribution is 5.61. The van der Waals surface area contributed by atoms with E-state index in [-0.39, 0.29) is 11.5 Å². The van der Waals surface area contributed by atoms with Gasteiger partial charge >= 0.3 is 5.69 Å². The number of methoxy groups -OCH3 is 1. The van der Waals surface area contributed by atoms with Crippen molar-refractivity contribution in [1.29, 1.82) is 0 Å². The number of anilines is 2. The molecule has 0 atom stereocenters. The minimum atomic E-state index is -0.464. The molecule has 0 aromatic carbocycles. The van der Waals surface area contributed by atoms with Gasteiger partial charge in [0.2, 0.25) is 5.82 Å². The molecule has 0 amide bonds. The van der Waals surface area contributed by atoms with Crippen LogP contribution in [-0.2, 0) is 4.74 Å². The summed E-state index contributed by atoms with van der Waals surface area (Å²) in [4.78, 5) is 16.5. The number of hydrogen-bond donors (Lipinski definition) is 1. The van der Waals surface area contributed by atoms with Crippen LogP contribution in [0.2, 0.25) is 0 Å². The summed E-state index contributed by atoms with van der Waals surface area (Å²) in [5, 5.41) is 13.8. The first-order valence-corrected chi connectivity index (χ1v) is 6.36. The van der Waals surface area contributed by atoms with Crippen LogP contribution >= 0.6 is 0 Å². The summed E-state index contributed by atoms with van der Waals surface area (Å²) in [6.07, 6.45) is 5.22. The molecule has 0 aliphatic carbocycles. The zero-order chi connectivity index (χ0) is 15.8. The third kappa shape index (κ3) is 5.23.